The highest BCUT2D eigenvalue weighted by Gasteiger charge is 2.45. The molecule has 0 aliphatic heterocycles. The third-order valence-corrected chi connectivity index (χ3v) is 4.26. The predicted molar refractivity (Wildman–Crippen MR) is 66.6 cm³/mol. The summed E-state index contributed by atoms with van der Waals surface area (Å²) in [6.45, 7) is 2.78. The van der Waals surface area contributed by atoms with Crippen LogP contribution in [0.2, 0.25) is 0 Å². The minimum atomic E-state index is 0.153. The number of H-pyrrole nitrogens is 1. The molecule has 1 aliphatic carbocycles. The standard InChI is InChI=1S/C12H15N3S/c1-8-10(9-3-2-6-16-9)15-11(14-8)12(7-13)4-5-12/h2-3,6H,4-5,7,13H2,1H3,(H,14,15). The third-order valence-electron chi connectivity index (χ3n) is 3.39. The van der Waals surface area contributed by atoms with Crippen molar-refractivity contribution in [1.82, 2.24) is 9.97 Å². The number of nitrogens with one attached hydrogen (secondary N) is 1. The fraction of sp³-hybridized carbons (Fsp3) is 0.417. The molecule has 0 saturated heterocycles. The van der Waals surface area contributed by atoms with Crippen molar-refractivity contribution in [2.75, 3.05) is 6.54 Å². The van der Waals surface area contributed by atoms with Gasteiger partial charge in [-0.25, -0.2) is 4.98 Å². The molecular formula is C12H15N3S. The molecule has 1 saturated carbocycles. The molecule has 3 rings (SSSR count). The van der Waals surface area contributed by atoms with Crippen molar-refractivity contribution in [2.45, 2.75) is 25.2 Å². The largest absolute Gasteiger partial charge is 0.345 e. The summed E-state index contributed by atoms with van der Waals surface area (Å²) in [4.78, 5) is 9.36. The van der Waals surface area contributed by atoms with Crippen LogP contribution in [0.25, 0.3) is 10.6 Å². The van der Waals surface area contributed by atoms with Gasteiger partial charge in [0.2, 0.25) is 0 Å². The number of aryl methyl sites for hydroxylation is 1. The molecule has 3 nitrogen and oxygen atoms in total. The monoisotopic (exact) mass is 233 g/mol. The van der Waals surface area contributed by atoms with Crippen molar-refractivity contribution in [3.8, 4) is 10.6 Å². The van der Waals surface area contributed by atoms with Crippen molar-refractivity contribution < 1.29 is 0 Å². The Labute approximate surface area is 98.7 Å². The van der Waals surface area contributed by atoms with Crippen LogP contribution in [0.5, 0.6) is 0 Å². The van der Waals surface area contributed by atoms with Crippen molar-refractivity contribution in [1.29, 1.82) is 0 Å². The molecule has 0 atom stereocenters. The van der Waals surface area contributed by atoms with Crippen LogP contribution in [-0.4, -0.2) is 16.5 Å². The summed E-state index contributed by atoms with van der Waals surface area (Å²) in [5, 5.41) is 2.08. The Morgan fingerprint density at radius 2 is 2.38 bits per heavy atom. The summed E-state index contributed by atoms with van der Waals surface area (Å²) < 4.78 is 0. The average Bonchev–Trinajstić information content (AvgIpc) is 2.73. The zero-order chi connectivity index (χ0) is 11.2. The smallest absolute Gasteiger partial charge is 0.114 e. The molecule has 84 valence electrons. The Morgan fingerprint density at radius 1 is 1.56 bits per heavy atom. The average molecular weight is 233 g/mol. The molecule has 2 aromatic rings. The molecule has 0 aromatic carbocycles. The van der Waals surface area contributed by atoms with Gasteiger partial charge >= 0.3 is 0 Å². The van der Waals surface area contributed by atoms with Gasteiger partial charge in [-0.1, -0.05) is 6.07 Å². The van der Waals surface area contributed by atoms with Gasteiger partial charge in [0, 0.05) is 17.7 Å². The third kappa shape index (κ3) is 1.41. The topological polar surface area (TPSA) is 54.7 Å². The molecule has 2 heterocycles. The summed E-state index contributed by atoms with van der Waals surface area (Å²) in [5.41, 5.74) is 8.21. The number of hydrogen-bond acceptors (Lipinski definition) is 3. The van der Waals surface area contributed by atoms with Crippen molar-refractivity contribution in [3.63, 3.8) is 0 Å². The molecule has 1 fully saturated rings. The second-order valence-electron chi connectivity index (χ2n) is 4.52. The van der Waals surface area contributed by atoms with E-state index in [4.69, 9.17) is 10.7 Å². The number of aromatic nitrogens is 2. The van der Waals surface area contributed by atoms with Gasteiger partial charge in [0.1, 0.15) is 11.5 Å². The Hall–Kier alpha value is -1.13. The molecule has 3 N–H and O–H groups in total. The lowest BCUT2D eigenvalue weighted by molar-refractivity contribution is 0.658. The Kier molecular flexibility index (Phi) is 2.16. The first-order valence-corrected chi connectivity index (χ1v) is 6.44. The molecule has 0 spiro atoms. The van der Waals surface area contributed by atoms with E-state index in [2.05, 4.69) is 29.4 Å². The molecule has 16 heavy (non-hydrogen) atoms. The van der Waals surface area contributed by atoms with E-state index in [1.165, 1.54) is 17.7 Å². The summed E-state index contributed by atoms with van der Waals surface area (Å²) >= 11 is 1.73. The summed E-state index contributed by atoms with van der Waals surface area (Å²) in [6, 6.07) is 4.17. The van der Waals surface area contributed by atoms with E-state index in [0.29, 0.717) is 6.54 Å². The highest BCUT2D eigenvalue weighted by atomic mass is 32.1. The number of rotatable bonds is 3. The zero-order valence-corrected chi connectivity index (χ0v) is 10.1. The molecule has 1 aliphatic rings. The highest BCUT2D eigenvalue weighted by molar-refractivity contribution is 7.13. The van der Waals surface area contributed by atoms with Gasteiger partial charge < -0.3 is 10.7 Å². The van der Waals surface area contributed by atoms with Crippen LogP contribution in [-0.2, 0) is 5.41 Å². The first-order chi connectivity index (χ1) is 7.75. The molecular weight excluding hydrogens is 218 g/mol. The molecule has 0 radical (unpaired) electrons. The summed E-state index contributed by atoms with van der Waals surface area (Å²) in [7, 11) is 0. The van der Waals surface area contributed by atoms with Crippen molar-refractivity contribution in [3.05, 3.63) is 29.0 Å². The van der Waals surface area contributed by atoms with E-state index in [9.17, 15) is 0 Å². The molecule has 0 amide bonds. The lowest BCUT2D eigenvalue weighted by atomic mass is 10.1. The van der Waals surface area contributed by atoms with E-state index < -0.39 is 0 Å². The van der Waals surface area contributed by atoms with Crippen LogP contribution in [0.4, 0.5) is 0 Å². The van der Waals surface area contributed by atoms with Crippen LogP contribution in [0.15, 0.2) is 17.5 Å². The van der Waals surface area contributed by atoms with E-state index >= 15 is 0 Å². The first-order valence-electron chi connectivity index (χ1n) is 5.56. The second-order valence-corrected chi connectivity index (χ2v) is 5.47. The number of aromatic amines is 1. The van der Waals surface area contributed by atoms with Crippen LogP contribution in [0.3, 0.4) is 0 Å². The molecule has 0 unspecified atom stereocenters. The molecule has 0 bridgehead atoms. The van der Waals surface area contributed by atoms with Gasteiger partial charge in [0.05, 0.1) is 4.88 Å². The number of thiophene rings is 1. The van der Waals surface area contributed by atoms with Gasteiger partial charge in [0.15, 0.2) is 0 Å². The fourth-order valence-corrected chi connectivity index (χ4v) is 2.82. The van der Waals surface area contributed by atoms with E-state index in [1.54, 1.807) is 11.3 Å². The van der Waals surface area contributed by atoms with Crippen LogP contribution in [0.1, 0.15) is 24.4 Å². The van der Waals surface area contributed by atoms with E-state index in [0.717, 1.165) is 17.2 Å². The Bertz CT molecular complexity index is 494. The second kappa shape index (κ2) is 3.43. The molecule has 2 aromatic heterocycles. The van der Waals surface area contributed by atoms with Crippen molar-refractivity contribution in [2.24, 2.45) is 5.73 Å². The maximum absolute atomic E-state index is 5.82. The summed E-state index contributed by atoms with van der Waals surface area (Å²) in [6.07, 6.45) is 2.33. The number of imidazole rings is 1. The Balaban J connectivity index is 2.03. The minimum absolute atomic E-state index is 0.153. The first kappa shape index (κ1) is 10.1. The maximum Gasteiger partial charge on any atom is 0.114 e. The minimum Gasteiger partial charge on any atom is -0.345 e. The van der Waals surface area contributed by atoms with Gasteiger partial charge in [0.25, 0.3) is 0 Å². The van der Waals surface area contributed by atoms with Crippen molar-refractivity contribution >= 4 is 11.3 Å². The number of nitrogens with zero attached hydrogens (tertiary/aromatic N) is 1. The zero-order valence-electron chi connectivity index (χ0n) is 9.29. The highest BCUT2D eigenvalue weighted by Crippen LogP contribution is 2.46. The van der Waals surface area contributed by atoms with Gasteiger partial charge in [-0.05, 0) is 31.2 Å². The lowest BCUT2D eigenvalue weighted by Gasteiger charge is -2.07. The number of nitrogens with two attached hydrogens (primary N) is 1. The van der Waals surface area contributed by atoms with Crippen LogP contribution < -0.4 is 5.73 Å². The van der Waals surface area contributed by atoms with Gasteiger partial charge in [-0.3, -0.25) is 0 Å². The predicted octanol–water partition coefficient (Wildman–Crippen LogP) is 2.44. The van der Waals surface area contributed by atoms with Gasteiger partial charge in [-0.2, -0.15) is 0 Å². The SMILES string of the molecule is Cc1[nH]c(C2(CN)CC2)nc1-c1cccs1. The van der Waals surface area contributed by atoms with Crippen LogP contribution >= 0.6 is 11.3 Å². The summed E-state index contributed by atoms with van der Waals surface area (Å²) in [5.74, 6) is 1.08. The quantitative estimate of drug-likeness (QED) is 0.855. The van der Waals surface area contributed by atoms with E-state index in [1.807, 2.05) is 0 Å². The van der Waals surface area contributed by atoms with E-state index in [-0.39, 0.29) is 5.41 Å². The lowest BCUT2D eigenvalue weighted by Crippen LogP contribution is -2.21. The normalized spacial score (nSPS) is 17.6. The molecule has 4 heteroatoms. The maximum atomic E-state index is 5.82. The number of hydrogen-bond donors (Lipinski definition) is 2. The fourth-order valence-electron chi connectivity index (χ4n) is 2.05. The van der Waals surface area contributed by atoms with Gasteiger partial charge in [-0.15, -0.1) is 11.3 Å². The Morgan fingerprint density at radius 3 is 2.94 bits per heavy atom. The van der Waals surface area contributed by atoms with Crippen LogP contribution in [0, 0.1) is 6.92 Å².